The van der Waals surface area contributed by atoms with Crippen LogP contribution in [-0.4, -0.2) is 6.35 Å². The molecule has 0 spiro atoms. The molecule has 3 rings (SSSR count). The summed E-state index contributed by atoms with van der Waals surface area (Å²) in [6.45, 7) is 4.00. The molecule has 1 atom stereocenters. The molecule has 0 aromatic heterocycles. The van der Waals surface area contributed by atoms with Crippen molar-refractivity contribution in [3.8, 4) is 5.75 Å². The summed E-state index contributed by atoms with van der Waals surface area (Å²) in [4.78, 5) is 0. The van der Waals surface area contributed by atoms with E-state index in [-0.39, 0.29) is 0 Å². The van der Waals surface area contributed by atoms with E-state index >= 15 is 0 Å². The third-order valence-corrected chi connectivity index (χ3v) is 2.42. The van der Waals surface area contributed by atoms with Crippen LogP contribution in [0.1, 0.15) is 13.8 Å². The van der Waals surface area contributed by atoms with E-state index < -0.39 is 6.35 Å². The number of rotatable bonds is 0. The quantitative estimate of drug-likeness (QED) is 0.711. The first-order chi connectivity index (χ1) is 7.84. The van der Waals surface area contributed by atoms with Gasteiger partial charge >= 0.3 is 0 Å². The van der Waals surface area contributed by atoms with Crippen LogP contribution in [0, 0.1) is 0 Å². The minimum absolute atomic E-state index is 0.421. The van der Waals surface area contributed by atoms with Crippen LogP contribution in [0.4, 0.5) is 5.69 Å². The van der Waals surface area contributed by atoms with Gasteiger partial charge in [0.15, 0.2) is 5.75 Å². The molecule has 0 fully saturated rings. The molecular formula is C13H16N2O. The molecule has 0 saturated carbocycles. The third kappa shape index (κ3) is 1.70. The second kappa shape index (κ2) is 4.41. The average molecular weight is 216 g/mol. The van der Waals surface area contributed by atoms with Crippen molar-refractivity contribution in [2.75, 3.05) is 5.32 Å². The Bertz CT molecular complexity index is 496. The molecule has 3 N–H and O–H groups in total. The molecule has 3 heteroatoms. The maximum Gasteiger partial charge on any atom is 0.225 e. The lowest BCUT2D eigenvalue weighted by atomic mass is 10.1. The molecular weight excluding hydrogens is 200 g/mol. The number of benzene rings is 2. The first-order valence-electron chi connectivity index (χ1n) is 5.55. The lowest BCUT2D eigenvalue weighted by Gasteiger charge is -2.03. The van der Waals surface area contributed by atoms with Gasteiger partial charge in [0.1, 0.15) is 0 Å². The topological polar surface area (TPSA) is 47.3 Å². The zero-order valence-corrected chi connectivity index (χ0v) is 9.53. The predicted octanol–water partition coefficient (Wildman–Crippen LogP) is 2.91. The van der Waals surface area contributed by atoms with Crippen molar-refractivity contribution in [3.05, 3.63) is 36.4 Å². The first kappa shape index (κ1) is 10.8. The van der Waals surface area contributed by atoms with Crippen molar-refractivity contribution in [1.29, 1.82) is 0 Å². The van der Waals surface area contributed by atoms with Gasteiger partial charge in [0.25, 0.3) is 0 Å². The molecule has 84 valence electrons. The van der Waals surface area contributed by atoms with E-state index in [0.29, 0.717) is 0 Å². The van der Waals surface area contributed by atoms with E-state index in [2.05, 4.69) is 17.4 Å². The Hall–Kier alpha value is -1.74. The smallest absolute Gasteiger partial charge is 0.225 e. The van der Waals surface area contributed by atoms with E-state index in [1.165, 1.54) is 5.39 Å². The Balaban J connectivity index is 0.000000457. The van der Waals surface area contributed by atoms with Crippen molar-refractivity contribution in [2.45, 2.75) is 20.2 Å². The predicted molar refractivity (Wildman–Crippen MR) is 67.5 cm³/mol. The Kier molecular flexibility index (Phi) is 2.97. The highest BCUT2D eigenvalue weighted by Gasteiger charge is 2.19. The summed E-state index contributed by atoms with van der Waals surface area (Å²) in [5.41, 5.74) is 6.61. The number of anilines is 1. The molecule has 3 nitrogen and oxygen atoms in total. The van der Waals surface area contributed by atoms with E-state index in [4.69, 9.17) is 10.5 Å². The molecule has 1 aliphatic rings. The van der Waals surface area contributed by atoms with Crippen LogP contribution >= 0.6 is 0 Å². The number of ether oxygens (including phenoxy) is 1. The Morgan fingerprint density at radius 2 is 1.88 bits per heavy atom. The van der Waals surface area contributed by atoms with Crippen molar-refractivity contribution in [3.63, 3.8) is 0 Å². The van der Waals surface area contributed by atoms with E-state index in [1.807, 2.05) is 38.1 Å². The van der Waals surface area contributed by atoms with E-state index in [1.54, 1.807) is 0 Å². The van der Waals surface area contributed by atoms with Gasteiger partial charge in [-0.1, -0.05) is 44.2 Å². The van der Waals surface area contributed by atoms with Gasteiger partial charge in [-0.2, -0.15) is 0 Å². The highest BCUT2D eigenvalue weighted by Crippen LogP contribution is 2.37. The van der Waals surface area contributed by atoms with E-state index in [0.717, 1.165) is 16.8 Å². The fraction of sp³-hybridized carbons (Fsp3) is 0.231. The van der Waals surface area contributed by atoms with Crippen LogP contribution in [0.5, 0.6) is 5.75 Å². The minimum atomic E-state index is -0.421. The van der Waals surface area contributed by atoms with Gasteiger partial charge in [-0.25, -0.2) is 0 Å². The van der Waals surface area contributed by atoms with Crippen molar-refractivity contribution in [1.82, 2.24) is 0 Å². The SMILES string of the molecule is CC.NC1Nc2ccc3ccccc3c2O1. The van der Waals surface area contributed by atoms with Gasteiger partial charge in [-0.3, -0.25) is 5.73 Å². The molecule has 0 saturated heterocycles. The number of nitrogens with one attached hydrogen (secondary N) is 1. The molecule has 1 aliphatic heterocycles. The standard InChI is InChI=1S/C11H10N2O.C2H6/c12-11-13-9-6-5-7-3-1-2-4-8(7)10(9)14-11;1-2/h1-6,11,13H,12H2;1-2H3. The van der Waals surface area contributed by atoms with Gasteiger partial charge in [-0.05, 0) is 11.5 Å². The van der Waals surface area contributed by atoms with Crippen LogP contribution in [-0.2, 0) is 0 Å². The molecule has 2 aromatic carbocycles. The van der Waals surface area contributed by atoms with Crippen LogP contribution in [0.25, 0.3) is 10.8 Å². The van der Waals surface area contributed by atoms with Gasteiger partial charge in [-0.15, -0.1) is 0 Å². The molecule has 0 amide bonds. The summed E-state index contributed by atoms with van der Waals surface area (Å²) in [5.74, 6) is 0.857. The van der Waals surface area contributed by atoms with Crippen LogP contribution in [0.3, 0.4) is 0 Å². The summed E-state index contributed by atoms with van der Waals surface area (Å²) >= 11 is 0. The number of hydrogen-bond donors (Lipinski definition) is 2. The van der Waals surface area contributed by atoms with Crippen LogP contribution in [0.2, 0.25) is 0 Å². The van der Waals surface area contributed by atoms with Crippen molar-refractivity contribution < 1.29 is 4.74 Å². The lowest BCUT2D eigenvalue weighted by Crippen LogP contribution is -2.30. The summed E-state index contributed by atoms with van der Waals surface area (Å²) in [6, 6.07) is 12.1. The number of nitrogens with two attached hydrogens (primary N) is 1. The molecule has 1 heterocycles. The van der Waals surface area contributed by atoms with Gasteiger partial charge in [0, 0.05) is 5.39 Å². The number of hydrogen-bond acceptors (Lipinski definition) is 3. The Morgan fingerprint density at radius 1 is 1.12 bits per heavy atom. The fourth-order valence-electron chi connectivity index (χ4n) is 1.79. The molecule has 0 aliphatic carbocycles. The Labute approximate surface area is 95.2 Å². The molecule has 2 aromatic rings. The average Bonchev–Trinajstić information content (AvgIpc) is 2.72. The highest BCUT2D eigenvalue weighted by molar-refractivity contribution is 5.94. The van der Waals surface area contributed by atoms with Gasteiger partial charge < -0.3 is 10.1 Å². The van der Waals surface area contributed by atoms with Crippen LogP contribution < -0.4 is 15.8 Å². The maximum absolute atomic E-state index is 5.64. The normalized spacial score (nSPS) is 16.8. The molecule has 16 heavy (non-hydrogen) atoms. The molecule has 0 radical (unpaired) electrons. The maximum atomic E-state index is 5.64. The number of fused-ring (bicyclic) bond motifs is 3. The third-order valence-electron chi connectivity index (χ3n) is 2.42. The largest absolute Gasteiger partial charge is 0.455 e. The zero-order chi connectivity index (χ0) is 11.5. The monoisotopic (exact) mass is 216 g/mol. The van der Waals surface area contributed by atoms with E-state index in [9.17, 15) is 0 Å². The Morgan fingerprint density at radius 3 is 2.69 bits per heavy atom. The summed E-state index contributed by atoms with van der Waals surface area (Å²) in [7, 11) is 0. The summed E-state index contributed by atoms with van der Waals surface area (Å²) in [5, 5.41) is 5.32. The van der Waals surface area contributed by atoms with Gasteiger partial charge in [0.2, 0.25) is 6.35 Å². The first-order valence-corrected chi connectivity index (χ1v) is 5.55. The highest BCUT2D eigenvalue weighted by atomic mass is 16.5. The summed E-state index contributed by atoms with van der Waals surface area (Å²) in [6.07, 6.45) is -0.421. The second-order valence-corrected chi connectivity index (χ2v) is 3.35. The fourth-order valence-corrected chi connectivity index (χ4v) is 1.79. The molecule has 1 unspecified atom stereocenters. The summed E-state index contributed by atoms with van der Waals surface area (Å²) < 4.78 is 5.49. The van der Waals surface area contributed by atoms with Crippen LogP contribution in [0.15, 0.2) is 36.4 Å². The second-order valence-electron chi connectivity index (χ2n) is 3.35. The van der Waals surface area contributed by atoms with Crippen molar-refractivity contribution >= 4 is 16.5 Å². The van der Waals surface area contributed by atoms with Gasteiger partial charge in [0.05, 0.1) is 5.69 Å². The minimum Gasteiger partial charge on any atom is -0.455 e. The zero-order valence-electron chi connectivity index (χ0n) is 9.53. The van der Waals surface area contributed by atoms with Crippen molar-refractivity contribution in [2.24, 2.45) is 5.73 Å². The molecule has 0 bridgehead atoms. The lowest BCUT2D eigenvalue weighted by molar-refractivity contribution is 0.265.